The molecule has 2 aromatic rings. The van der Waals surface area contributed by atoms with Crippen molar-refractivity contribution in [1.29, 1.82) is 0 Å². The lowest BCUT2D eigenvalue weighted by Crippen LogP contribution is -2.46. The van der Waals surface area contributed by atoms with Gasteiger partial charge in [0.2, 0.25) is 0 Å². The van der Waals surface area contributed by atoms with Crippen LogP contribution < -0.4 is 9.62 Å². The van der Waals surface area contributed by atoms with Gasteiger partial charge >= 0.3 is 21.5 Å². The first kappa shape index (κ1) is 27.0. The van der Waals surface area contributed by atoms with Crippen LogP contribution in [0.4, 0.5) is 50.4 Å². The number of rotatable bonds is 6. The highest BCUT2D eigenvalue weighted by atomic mass is 32.2. The highest BCUT2D eigenvalue weighted by Crippen LogP contribution is 2.49. The molecule has 2 N–H and O–H groups in total. The van der Waals surface area contributed by atoms with Gasteiger partial charge in [-0.25, -0.2) is 0 Å². The highest BCUT2D eigenvalue weighted by molar-refractivity contribution is 7.93. The van der Waals surface area contributed by atoms with Gasteiger partial charge in [0.25, 0.3) is 5.69 Å². The number of sulfonamides is 1. The van der Waals surface area contributed by atoms with Crippen LogP contribution in [-0.2, 0) is 15.4 Å². The summed E-state index contributed by atoms with van der Waals surface area (Å²) in [6.45, 7) is 5.48. The maximum atomic E-state index is 13.7. The van der Waals surface area contributed by atoms with Crippen molar-refractivity contribution in [2.75, 3.05) is 16.7 Å². The molecule has 0 fully saturated rings. The fraction of sp³-hybridized carbons (Fsp3) is 0.400. The van der Waals surface area contributed by atoms with Gasteiger partial charge in [-0.3, -0.25) is 14.8 Å². The Hall–Kier alpha value is -3.56. The number of anilines is 2. The molecule has 0 amide bonds. The maximum absolute atomic E-state index is 13.7. The lowest BCUT2D eigenvalue weighted by Gasteiger charge is -2.28. The van der Waals surface area contributed by atoms with Crippen molar-refractivity contribution in [3.05, 3.63) is 46.0 Å². The van der Waals surface area contributed by atoms with Gasteiger partial charge in [0, 0.05) is 36.3 Å². The zero-order valence-corrected chi connectivity index (χ0v) is 19.9. The van der Waals surface area contributed by atoms with Crippen LogP contribution in [0, 0.1) is 10.1 Å². The van der Waals surface area contributed by atoms with Crippen LogP contribution >= 0.6 is 0 Å². The normalized spacial score (nSPS) is 17.9. The summed E-state index contributed by atoms with van der Waals surface area (Å²) in [6.07, 6.45) is -6.40. The summed E-state index contributed by atoms with van der Waals surface area (Å²) in [5.74, 6) is -0.551. The summed E-state index contributed by atoms with van der Waals surface area (Å²) in [5, 5.41) is 22.2. The van der Waals surface area contributed by atoms with E-state index in [1.165, 1.54) is 10.8 Å². The minimum absolute atomic E-state index is 0.193. The average molecular weight is 537 g/mol. The lowest BCUT2D eigenvalue weighted by atomic mass is 9.81. The average Bonchev–Trinajstić information content (AvgIpc) is 2.91. The first-order chi connectivity index (χ1) is 16.3. The summed E-state index contributed by atoms with van der Waals surface area (Å²) in [7, 11) is -4.72. The van der Waals surface area contributed by atoms with Crippen LogP contribution in [0.5, 0.6) is 5.75 Å². The molecule has 1 aliphatic rings. The number of halogens is 5. The molecule has 0 spiro atoms. The molecule has 16 heteroatoms. The summed E-state index contributed by atoms with van der Waals surface area (Å²) in [4.78, 5) is 11.9. The second kappa shape index (κ2) is 8.53. The Labute approximate surface area is 201 Å². The second-order valence-corrected chi connectivity index (χ2v) is 10.4. The Morgan fingerprint density at radius 2 is 1.69 bits per heavy atom. The van der Waals surface area contributed by atoms with Crippen molar-refractivity contribution in [1.82, 2.24) is 0 Å². The fourth-order valence-corrected chi connectivity index (χ4v) is 4.53. The number of aromatic hydroxyl groups is 1. The molecule has 0 bridgehead atoms. The molecule has 196 valence electrons. The molecule has 1 atom stereocenters. The number of phenolic OH excluding ortho intramolecular Hbond substituents is 1. The van der Waals surface area contributed by atoms with Crippen LogP contribution in [0.25, 0.3) is 0 Å². The molecule has 10 nitrogen and oxygen atoms in total. The number of alkyl halides is 5. The predicted molar refractivity (Wildman–Crippen MR) is 120 cm³/mol. The van der Waals surface area contributed by atoms with E-state index in [2.05, 4.69) is 10.2 Å². The summed E-state index contributed by atoms with van der Waals surface area (Å²) in [5.41, 5.74) is -1.80. The Bertz CT molecular complexity index is 1360. The number of benzene rings is 2. The minimum atomic E-state index is -6.40. The van der Waals surface area contributed by atoms with Crippen LogP contribution in [0.1, 0.15) is 26.3 Å². The third kappa shape index (κ3) is 4.40. The highest BCUT2D eigenvalue weighted by Gasteiger charge is 2.67. The van der Waals surface area contributed by atoms with Crippen LogP contribution in [-0.4, -0.2) is 43.0 Å². The number of nitrogens with zero attached hydrogens (tertiary/aromatic N) is 4. The van der Waals surface area contributed by atoms with Crippen molar-refractivity contribution >= 4 is 38.5 Å². The standard InChI is InChI=1S/C20H20F5N5O5S/c1-10-18(2,3)12-8-13(26-27-15-7-11(30(32)33)5-6-17(15)31)14(9-16(12)29(10)4)28-36(34,35)20(24,25)19(21,22)23/h5-10,28,31H,1-4H3. The van der Waals surface area contributed by atoms with E-state index in [-0.39, 0.29) is 6.04 Å². The Morgan fingerprint density at radius 1 is 1.11 bits per heavy atom. The van der Waals surface area contributed by atoms with E-state index in [9.17, 15) is 45.6 Å². The first-order valence-electron chi connectivity index (χ1n) is 10.1. The molecule has 0 saturated heterocycles. The molecule has 0 aliphatic carbocycles. The van der Waals surface area contributed by atoms with Crippen molar-refractivity contribution in [2.45, 2.75) is 43.7 Å². The van der Waals surface area contributed by atoms with E-state index in [0.29, 0.717) is 11.3 Å². The number of nitro groups is 1. The maximum Gasteiger partial charge on any atom is 0.471 e. The third-order valence-electron chi connectivity index (χ3n) is 6.16. The predicted octanol–water partition coefficient (Wildman–Crippen LogP) is 5.73. The Morgan fingerprint density at radius 3 is 2.25 bits per heavy atom. The number of hydrogen-bond donors (Lipinski definition) is 2. The molecule has 0 saturated carbocycles. The Balaban J connectivity index is 2.20. The van der Waals surface area contributed by atoms with E-state index in [1.807, 2.05) is 20.8 Å². The molecular weight excluding hydrogens is 517 g/mol. The topological polar surface area (TPSA) is 138 Å². The molecular formula is C20H20F5N5O5S. The number of hydrogen-bond acceptors (Lipinski definition) is 8. The number of azo groups is 1. The summed E-state index contributed by atoms with van der Waals surface area (Å²) < 4.78 is 91.2. The largest absolute Gasteiger partial charge is 0.506 e. The SMILES string of the molecule is CC1N(C)c2cc(NS(=O)(=O)C(F)(F)C(F)(F)F)c(N=Nc3cc([N+](=O)[O-])ccc3O)cc2C1(C)C. The number of fused-ring (bicyclic) bond motifs is 1. The van der Waals surface area contributed by atoms with Gasteiger partial charge in [-0.15, -0.1) is 10.2 Å². The van der Waals surface area contributed by atoms with Crippen LogP contribution in [0.2, 0.25) is 0 Å². The van der Waals surface area contributed by atoms with Crippen molar-refractivity contribution in [2.24, 2.45) is 10.2 Å². The number of non-ortho nitro benzene ring substituents is 1. The smallest absolute Gasteiger partial charge is 0.471 e. The number of nitrogens with one attached hydrogen (secondary N) is 1. The molecule has 1 unspecified atom stereocenters. The van der Waals surface area contributed by atoms with E-state index < -0.39 is 60.3 Å². The van der Waals surface area contributed by atoms with E-state index >= 15 is 0 Å². The van der Waals surface area contributed by atoms with Gasteiger partial charge in [-0.05, 0) is 30.7 Å². The Kier molecular flexibility index (Phi) is 6.41. The van der Waals surface area contributed by atoms with Gasteiger partial charge in [-0.1, -0.05) is 13.8 Å². The molecule has 2 aromatic carbocycles. The van der Waals surface area contributed by atoms with Gasteiger partial charge in [-0.2, -0.15) is 30.4 Å². The molecule has 0 radical (unpaired) electrons. The number of likely N-dealkylation sites (N-methyl/N-ethyl adjacent to an activating group) is 1. The molecule has 36 heavy (non-hydrogen) atoms. The summed E-state index contributed by atoms with van der Waals surface area (Å²) >= 11 is 0. The van der Waals surface area contributed by atoms with E-state index in [4.69, 9.17) is 0 Å². The number of nitro benzene ring substituents is 1. The van der Waals surface area contributed by atoms with E-state index in [1.54, 1.807) is 11.9 Å². The van der Waals surface area contributed by atoms with Gasteiger partial charge in [0.15, 0.2) is 0 Å². The first-order valence-corrected chi connectivity index (χ1v) is 11.6. The third-order valence-corrected chi connectivity index (χ3v) is 7.56. The van der Waals surface area contributed by atoms with E-state index in [0.717, 1.165) is 24.3 Å². The van der Waals surface area contributed by atoms with Crippen molar-refractivity contribution in [3.8, 4) is 5.75 Å². The number of phenols is 1. The van der Waals surface area contributed by atoms with Gasteiger partial charge in [0.05, 0.1) is 10.6 Å². The van der Waals surface area contributed by atoms with Gasteiger partial charge < -0.3 is 10.0 Å². The fourth-order valence-electron chi connectivity index (χ4n) is 3.64. The summed E-state index contributed by atoms with van der Waals surface area (Å²) in [6, 6.07) is 4.88. The molecule has 1 heterocycles. The second-order valence-electron chi connectivity index (χ2n) is 8.65. The molecule has 1 aliphatic heterocycles. The zero-order chi connectivity index (χ0) is 27.4. The van der Waals surface area contributed by atoms with Crippen LogP contribution in [0.3, 0.4) is 0 Å². The minimum Gasteiger partial charge on any atom is -0.506 e. The van der Waals surface area contributed by atoms with Crippen molar-refractivity contribution < 1.29 is 40.4 Å². The monoisotopic (exact) mass is 537 g/mol. The van der Waals surface area contributed by atoms with Crippen molar-refractivity contribution in [3.63, 3.8) is 0 Å². The van der Waals surface area contributed by atoms with Gasteiger partial charge in [0.1, 0.15) is 17.1 Å². The quantitative estimate of drug-likeness (QED) is 0.209. The lowest BCUT2D eigenvalue weighted by molar-refractivity contribution is -0.384. The molecule has 0 aromatic heterocycles. The molecule has 3 rings (SSSR count). The van der Waals surface area contributed by atoms with Crippen LogP contribution in [0.15, 0.2) is 40.6 Å². The zero-order valence-electron chi connectivity index (χ0n) is 19.1.